The van der Waals surface area contributed by atoms with Crippen LogP contribution in [0.25, 0.3) is 5.69 Å². The summed E-state index contributed by atoms with van der Waals surface area (Å²) in [5, 5.41) is 11.3. The molecule has 0 radical (unpaired) electrons. The van der Waals surface area contributed by atoms with E-state index in [1.807, 2.05) is 24.4 Å². The number of methoxy groups -OCH3 is 1. The third-order valence-corrected chi connectivity index (χ3v) is 4.84. The van der Waals surface area contributed by atoms with Gasteiger partial charge in [-0.05, 0) is 50.2 Å². The van der Waals surface area contributed by atoms with Crippen molar-refractivity contribution in [2.75, 3.05) is 20.7 Å². The summed E-state index contributed by atoms with van der Waals surface area (Å²) in [4.78, 5) is 4.32. The molecule has 2 aromatic carbocycles. The zero-order valence-electron chi connectivity index (χ0n) is 18.2. The number of nitrogens with zero attached hydrogens (tertiary/aromatic N) is 3. The van der Waals surface area contributed by atoms with Crippen LogP contribution in [-0.2, 0) is 6.42 Å². The summed E-state index contributed by atoms with van der Waals surface area (Å²) in [6.07, 6.45) is 2.61. The molecule has 0 fully saturated rings. The minimum atomic E-state index is -0.258. The fourth-order valence-corrected chi connectivity index (χ4v) is 3.21. The van der Waals surface area contributed by atoms with Gasteiger partial charge in [-0.3, -0.25) is 4.99 Å². The van der Waals surface area contributed by atoms with Gasteiger partial charge >= 0.3 is 0 Å². The van der Waals surface area contributed by atoms with Gasteiger partial charge in [0.05, 0.1) is 24.5 Å². The van der Waals surface area contributed by atoms with Crippen molar-refractivity contribution >= 4 is 29.9 Å². The average Bonchev–Trinajstić information content (AvgIpc) is 3.22. The predicted octanol–water partition coefficient (Wildman–Crippen LogP) is 4.42. The van der Waals surface area contributed by atoms with E-state index in [-0.39, 0.29) is 35.8 Å². The van der Waals surface area contributed by atoms with Crippen molar-refractivity contribution in [3.8, 4) is 11.4 Å². The fraction of sp³-hybridized carbons (Fsp3) is 0.304. The van der Waals surface area contributed by atoms with Gasteiger partial charge < -0.3 is 15.4 Å². The molecule has 0 bridgehead atoms. The fourth-order valence-electron chi connectivity index (χ4n) is 3.21. The van der Waals surface area contributed by atoms with Crippen LogP contribution in [0.1, 0.15) is 29.8 Å². The SMILES string of the molecule is CN=C(NCCc1ccn(-c2ccc(F)cc2)n1)NC(C)c1cc(C)ccc1OC.I. The molecule has 6 nitrogen and oxygen atoms in total. The van der Waals surface area contributed by atoms with Crippen LogP contribution in [-0.4, -0.2) is 36.4 Å². The number of guanidine groups is 1. The van der Waals surface area contributed by atoms with E-state index in [1.165, 1.54) is 17.7 Å². The first-order valence-corrected chi connectivity index (χ1v) is 9.92. The highest BCUT2D eigenvalue weighted by molar-refractivity contribution is 14.0. The average molecular weight is 537 g/mol. The van der Waals surface area contributed by atoms with E-state index >= 15 is 0 Å². The Hall–Kier alpha value is -2.62. The maximum atomic E-state index is 13.1. The highest BCUT2D eigenvalue weighted by Gasteiger charge is 2.13. The predicted molar refractivity (Wildman–Crippen MR) is 133 cm³/mol. The summed E-state index contributed by atoms with van der Waals surface area (Å²) in [6, 6.07) is 14.4. The molecule has 1 aromatic heterocycles. The van der Waals surface area contributed by atoms with E-state index in [1.54, 1.807) is 31.0 Å². The smallest absolute Gasteiger partial charge is 0.191 e. The quantitative estimate of drug-likeness (QED) is 0.266. The number of nitrogens with one attached hydrogen (secondary N) is 2. The molecule has 166 valence electrons. The van der Waals surface area contributed by atoms with Crippen LogP contribution >= 0.6 is 24.0 Å². The topological polar surface area (TPSA) is 63.5 Å². The Bertz CT molecular complexity index is 1000. The standard InChI is InChI=1S/C23H28FN5O.HI/c1-16-5-10-22(30-4)21(15-16)17(2)27-23(25-3)26-13-11-19-12-14-29(28-19)20-8-6-18(24)7-9-20;/h5-10,12,14-15,17H,11,13H2,1-4H3,(H2,25,26,27);1H. The second-order valence-electron chi connectivity index (χ2n) is 7.09. The van der Waals surface area contributed by atoms with Crippen molar-refractivity contribution in [1.82, 2.24) is 20.4 Å². The largest absolute Gasteiger partial charge is 0.496 e. The van der Waals surface area contributed by atoms with Gasteiger partial charge in [0.15, 0.2) is 5.96 Å². The number of hydrogen-bond acceptors (Lipinski definition) is 3. The zero-order chi connectivity index (χ0) is 21.5. The van der Waals surface area contributed by atoms with Crippen LogP contribution < -0.4 is 15.4 Å². The molecule has 3 aromatic rings. The second-order valence-corrected chi connectivity index (χ2v) is 7.09. The molecule has 2 N–H and O–H groups in total. The molecule has 0 spiro atoms. The molecule has 31 heavy (non-hydrogen) atoms. The van der Waals surface area contributed by atoms with Crippen molar-refractivity contribution in [1.29, 1.82) is 0 Å². The van der Waals surface area contributed by atoms with Gasteiger partial charge in [0, 0.05) is 31.8 Å². The lowest BCUT2D eigenvalue weighted by Crippen LogP contribution is -2.39. The molecule has 1 atom stereocenters. The molecule has 0 aliphatic rings. The van der Waals surface area contributed by atoms with Crippen molar-refractivity contribution < 1.29 is 9.13 Å². The van der Waals surface area contributed by atoms with Gasteiger partial charge in [-0.1, -0.05) is 17.7 Å². The lowest BCUT2D eigenvalue weighted by atomic mass is 10.0. The first kappa shape index (κ1) is 24.6. The number of halogens is 2. The normalized spacial score (nSPS) is 12.1. The van der Waals surface area contributed by atoms with E-state index in [9.17, 15) is 4.39 Å². The van der Waals surface area contributed by atoms with Gasteiger partial charge in [0.2, 0.25) is 0 Å². The minimum Gasteiger partial charge on any atom is -0.496 e. The van der Waals surface area contributed by atoms with Crippen molar-refractivity contribution in [2.24, 2.45) is 4.99 Å². The lowest BCUT2D eigenvalue weighted by molar-refractivity contribution is 0.405. The van der Waals surface area contributed by atoms with Crippen LogP contribution in [0.5, 0.6) is 5.75 Å². The van der Waals surface area contributed by atoms with Gasteiger partial charge in [0.25, 0.3) is 0 Å². The Kier molecular flexibility index (Phi) is 9.29. The minimum absolute atomic E-state index is 0. The maximum absolute atomic E-state index is 13.1. The molecule has 8 heteroatoms. The molecular weight excluding hydrogens is 508 g/mol. The molecule has 1 unspecified atom stereocenters. The highest BCUT2D eigenvalue weighted by atomic mass is 127. The second kappa shape index (κ2) is 11.7. The van der Waals surface area contributed by atoms with E-state index in [0.717, 1.165) is 29.1 Å². The Balaban J connectivity index is 0.00000341. The number of aliphatic imine (C=N–C) groups is 1. The number of rotatable bonds is 7. The summed E-state index contributed by atoms with van der Waals surface area (Å²) >= 11 is 0. The van der Waals surface area contributed by atoms with Crippen LogP contribution in [0.15, 0.2) is 59.7 Å². The molecule has 1 heterocycles. The molecule has 0 saturated carbocycles. The molecular formula is C23H29FIN5O. The van der Waals surface area contributed by atoms with Crippen molar-refractivity contribution in [2.45, 2.75) is 26.3 Å². The maximum Gasteiger partial charge on any atom is 0.191 e. The molecule has 3 rings (SSSR count). The van der Waals surface area contributed by atoms with E-state index < -0.39 is 0 Å². The Labute approximate surface area is 199 Å². The number of aryl methyl sites for hydroxylation is 1. The number of aromatic nitrogens is 2. The number of ether oxygens (including phenoxy) is 1. The molecule has 0 aliphatic heterocycles. The molecule has 0 aliphatic carbocycles. The number of hydrogen-bond donors (Lipinski definition) is 2. The summed E-state index contributed by atoms with van der Waals surface area (Å²) in [5.41, 5.74) is 4.03. The lowest BCUT2D eigenvalue weighted by Gasteiger charge is -2.20. The highest BCUT2D eigenvalue weighted by Crippen LogP contribution is 2.25. The van der Waals surface area contributed by atoms with Crippen LogP contribution in [0.4, 0.5) is 4.39 Å². The number of benzene rings is 2. The first-order valence-electron chi connectivity index (χ1n) is 9.92. The third kappa shape index (κ3) is 6.68. The van der Waals surface area contributed by atoms with Crippen LogP contribution in [0.2, 0.25) is 0 Å². The Morgan fingerprint density at radius 2 is 1.94 bits per heavy atom. The van der Waals surface area contributed by atoms with Crippen molar-refractivity contribution in [3.05, 3.63) is 77.4 Å². The Morgan fingerprint density at radius 1 is 1.19 bits per heavy atom. The summed E-state index contributed by atoms with van der Waals surface area (Å²) in [6.45, 7) is 4.82. The van der Waals surface area contributed by atoms with Crippen LogP contribution in [0, 0.1) is 12.7 Å². The summed E-state index contributed by atoms with van der Waals surface area (Å²) in [7, 11) is 3.43. The zero-order valence-corrected chi connectivity index (χ0v) is 20.6. The van der Waals surface area contributed by atoms with Crippen molar-refractivity contribution in [3.63, 3.8) is 0 Å². The molecule has 0 amide bonds. The van der Waals surface area contributed by atoms with Gasteiger partial charge in [-0.25, -0.2) is 9.07 Å². The van der Waals surface area contributed by atoms with Gasteiger partial charge in [-0.15, -0.1) is 24.0 Å². The van der Waals surface area contributed by atoms with E-state index in [4.69, 9.17) is 4.74 Å². The van der Waals surface area contributed by atoms with Gasteiger partial charge in [-0.2, -0.15) is 5.10 Å². The van der Waals surface area contributed by atoms with Gasteiger partial charge in [0.1, 0.15) is 11.6 Å². The van der Waals surface area contributed by atoms with E-state index in [0.29, 0.717) is 12.5 Å². The third-order valence-electron chi connectivity index (χ3n) is 4.84. The monoisotopic (exact) mass is 537 g/mol. The van der Waals surface area contributed by atoms with E-state index in [2.05, 4.69) is 40.6 Å². The van der Waals surface area contributed by atoms with Crippen LogP contribution in [0.3, 0.4) is 0 Å². The summed E-state index contributed by atoms with van der Waals surface area (Å²) < 4.78 is 20.3. The molecule has 0 saturated heterocycles. The first-order chi connectivity index (χ1) is 14.5. The summed E-state index contributed by atoms with van der Waals surface area (Å²) in [5.74, 6) is 1.30. The Morgan fingerprint density at radius 3 is 2.61 bits per heavy atom.